The van der Waals surface area contributed by atoms with Gasteiger partial charge in [-0.05, 0) is 12.3 Å². The fraction of sp³-hybridized carbons (Fsp3) is 0.667. The molecule has 0 heterocycles. The van der Waals surface area contributed by atoms with Gasteiger partial charge in [-0.1, -0.05) is 6.92 Å². The fourth-order valence-electron chi connectivity index (χ4n) is 0.831. The van der Waals surface area contributed by atoms with Gasteiger partial charge in [-0.15, -0.1) is 0 Å². The second-order valence-corrected chi connectivity index (χ2v) is 2.83. The fourth-order valence-corrected chi connectivity index (χ4v) is 0.831. The Morgan fingerprint density at radius 3 is 2.55 bits per heavy atom. The molecule has 0 bridgehead atoms. The van der Waals surface area contributed by atoms with Gasteiger partial charge < -0.3 is 11.5 Å². The van der Waals surface area contributed by atoms with E-state index < -0.39 is 0 Å². The van der Waals surface area contributed by atoms with Crippen molar-refractivity contribution in [3.63, 3.8) is 0 Å². The number of guanidine groups is 2. The molecule has 1 aliphatic rings. The Balaban J connectivity index is 2.34. The second kappa shape index (κ2) is 2.77. The molecule has 0 aliphatic heterocycles. The van der Waals surface area contributed by atoms with Gasteiger partial charge in [0.05, 0.1) is 6.04 Å². The molecule has 5 heteroatoms. The Kier molecular flexibility index (Phi) is 1.98. The summed E-state index contributed by atoms with van der Waals surface area (Å²) in [7, 11) is 0. The van der Waals surface area contributed by atoms with E-state index >= 15 is 0 Å². The third-order valence-electron chi connectivity index (χ3n) is 1.63. The molecule has 0 saturated heterocycles. The highest BCUT2D eigenvalue weighted by molar-refractivity contribution is 5.95. The number of rotatable bonds is 1. The van der Waals surface area contributed by atoms with E-state index in [2.05, 4.69) is 17.2 Å². The molecule has 62 valence electrons. The van der Waals surface area contributed by atoms with Crippen molar-refractivity contribution in [3.8, 4) is 0 Å². The van der Waals surface area contributed by atoms with Crippen molar-refractivity contribution in [1.29, 1.82) is 5.41 Å². The zero-order chi connectivity index (χ0) is 8.43. The number of hydrogen-bond donors (Lipinski definition) is 4. The number of nitrogens with two attached hydrogens (primary N) is 2. The summed E-state index contributed by atoms with van der Waals surface area (Å²) in [6, 6.07) is 0.335. The Morgan fingerprint density at radius 1 is 1.64 bits per heavy atom. The number of hydrogen-bond acceptors (Lipinski definition) is 2. The molecule has 2 unspecified atom stereocenters. The van der Waals surface area contributed by atoms with E-state index in [1.54, 1.807) is 0 Å². The highest BCUT2D eigenvalue weighted by atomic mass is 15.2. The standard InChI is InChI=1S/C6H13N5/c1-3-2-4(3)10-6(9)11-5(7)8/h3-4H,2H2,1H3,(H6,7,8,9,10,11). The first-order valence-electron chi connectivity index (χ1n) is 3.54. The number of nitrogens with zero attached hydrogens (tertiary/aromatic N) is 1. The van der Waals surface area contributed by atoms with Crippen molar-refractivity contribution in [2.45, 2.75) is 19.4 Å². The van der Waals surface area contributed by atoms with Gasteiger partial charge in [-0.3, -0.25) is 10.7 Å². The van der Waals surface area contributed by atoms with Crippen LogP contribution >= 0.6 is 0 Å². The maximum Gasteiger partial charge on any atom is 0.195 e. The lowest BCUT2D eigenvalue weighted by Gasteiger charge is -2.00. The highest BCUT2D eigenvalue weighted by Crippen LogP contribution is 2.32. The van der Waals surface area contributed by atoms with Gasteiger partial charge in [-0.2, -0.15) is 0 Å². The van der Waals surface area contributed by atoms with Crippen LogP contribution in [0.3, 0.4) is 0 Å². The average molecular weight is 155 g/mol. The predicted octanol–water partition coefficient (Wildman–Crippen LogP) is -0.807. The van der Waals surface area contributed by atoms with Crippen LogP contribution in [-0.2, 0) is 0 Å². The number of aliphatic imine (C=N–C) groups is 1. The lowest BCUT2D eigenvalue weighted by molar-refractivity contribution is 0.888. The van der Waals surface area contributed by atoms with E-state index in [-0.39, 0.29) is 11.9 Å². The van der Waals surface area contributed by atoms with Gasteiger partial charge in [-0.25, -0.2) is 4.99 Å². The Bertz CT molecular complexity index is 197. The minimum Gasteiger partial charge on any atom is -0.370 e. The maximum absolute atomic E-state index is 6.85. The summed E-state index contributed by atoms with van der Waals surface area (Å²) in [4.78, 5) is 4.07. The summed E-state index contributed by atoms with van der Waals surface area (Å²) in [6.07, 6.45) is 1.08. The van der Waals surface area contributed by atoms with Crippen LogP contribution in [0.25, 0.3) is 0 Å². The van der Waals surface area contributed by atoms with Crippen LogP contribution in [0.15, 0.2) is 4.99 Å². The van der Waals surface area contributed by atoms with Crippen molar-refractivity contribution >= 4 is 11.9 Å². The van der Waals surface area contributed by atoms with E-state index in [9.17, 15) is 0 Å². The van der Waals surface area contributed by atoms with Gasteiger partial charge in [0.25, 0.3) is 0 Å². The molecular weight excluding hydrogens is 142 g/mol. The maximum atomic E-state index is 6.85. The molecule has 6 N–H and O–H groups in total. The summed E-state index contributed by atoms with van der Waals surface area (Å²) in [5.74, 6) is 0.703. The van der Waals surface area contributed by atoms with Crippen LogP contribution < -0.4 is 16.8 Å². The van der Waals surface area contributed by atoms with E-state index in [1.807, 2.05) is 0 Å². The second-order valence-electron chi connectivity index (χ2n) is 2.83. The molecule has 0 aromatic heterocycles. The zero-order valence-electron chi connectivity index (χ0n) is 6.46. The Hall–Kier alpha value is -1.26. The van der Waals surface area contributed by atoms with Crippen LogP contribution in [0.5, 0.6) is 0 Å². The highest BCUT2D eigenvalue weighted by Gasteiger charge is 2.32. The first kappa shape index (κ1) is 7.84. The first-order chi connectivity index (χ1) is 5.09. The van der Waals surface area contributed by atoms with Crippen LogP contribution in [-0.4, -0.2) is 18.0 Å². The van der Waals surface area contributed by atoms with Gasteiger partial charge in [0, 0.05) is 0 Å². The van der Waals surface area contributed by atoms with Crippen molar-refractivity contribution in [3.05, 3.63) is 0 Å². The monoisotopic (exact) mass is 155 g/mol. The molecule has 0 amide bonds. The largest absolute Gasteiger partial charge is 0.370 e. The van der Waals surface area contributed by atoms with E-state index in [0.29, 0.717) is 12.0 Å². The SMILES string of the molecule is CC1CC1N=C(N)NC(=N)N. The molecule has 0 spiro atoms. The minimum atomic E-state index is -0.167. The molecule has 0 radical (unpaired) electrons. The van der Waals surface area contributed by atoms with Gasteiger partial charge >= 0.3 is 0 Å². The molecule has 1 fully saturated rings. The van der Waals surface area contributed by atoms with E-state index in [0.717, 1.165) is 6.42 Å². The quantitative estimate of drug-likeness (QED) is 0.294. The third-order valence-corrected chi connectivity index (χ3v) is 1.63. The molecule has 1 rings (SSSR count). The summed E-state index contributed by atoms with van der Waals surface area (Å²) in [5.41, 5.74) is 10.4. The third kappa shape index (κ3) is 2.45. The molecule has 0 aromatic rings. The predicted molar refractivity (Wildman–Crippen MR) is 44.2 cm³/mol. The zero-order valence-corrected chi connectivity index (χ0v) is 6.46. The van der Waals surface area contributed by atoms with Crippen LogP contribution in [0.2, 0.25) is 0 Å². The van der Waals surface area contributed by atoms with Crippen LogP contribution in [0.4, 0.5) is 0 Å². The van der Waals surface area contributed by atoms with Crippen molar-refractivity contribution in [2.24, 2.45) is 22.4 Å². The molecule has 11 heavy (non-hydrogen) atoms. The molecule has 2 atom stereocenters. The summed E-state index contributed by atoms with van der Waals surface area (Å²) < 4.78 is 0. The molecular formula is C6H13N5. The summed E-state index contributed by atoms with van der Waals surface area (Å²) in [5, 5.41) is 9.27. The molecule has 5 nitrogen and oxygen atoms in total. The van der Waals surface area contributed by atoms with Gasteiger partial charge in [0.1, 0.15) is 0 Å². The van der Waals surface area contributed by atoms with Crippen molar-refractivity contribution in [1.82, 2.24) is 5.32 Å². The van der Waals surface area contributed by atoms with Gasteiger partial charge in [0.2, 0.25) is 0 Å². The minimum absolute atomic E-state index is 0.167. The molecule has 1 saturated carbocycles. The number of nitrogens with one attached hydrogen (secondary N) is 2. The average Bonchev–Trinajstić information content (AvgIpc) is 2.43. The Morgan fingerprint density at radius 2 is 2.18 bits per heavy atom. The van der Waals surface area contributed by atoms with Gasteiger partial charge in [0.15, 0.2) is 11.9 Å². The normalized spacial score (nSPS) is 29.7. The summed E-state index contributed by atoms with van der Waals surface area (Å²) in [6.45, 7) is 2.11. The van der Waals surface area contributed by atoms with Crippen molar-refractivity contribution in [2.75, 3.05) is 0 Å². The topological polar surface area (TPSA) is 100 Å². The molecule has 0 aromatic carbocycles. The lowest BCUT2D eigenvalue weighted by Crippen LogP contribution is -2.41. The summed E-state index contributed by atoms with van der Waals surface area (Å²) >= 11 is 0. The van der Waals surface area contributed by atoms with Crippen LogP contribution in [0.1, 0.15) is 13.3 Å². The smallest absolute Gasteiger partial charge is 0.195 e. The van der Waals surface area contributed by atoms with Crippen molar-refractivity contribution < 1.29 is 0 Å². The molecule has 1 aliphatic carbocycles. The lowest BCUT2D eigenvalue weighted by atomic mass is 10.5. The first-order valence-corrected chi connectivity index (χ1v) is 3.54. The van der Waals surface area contributed by atoms with Crippen LogP contribution in [0, 0.1) is 11.3 Å². The van der Waals surface area contributed by atoms with E-state index in [1.165, 1.54) is 0 Å². The Labute approximate surface area is 65.4 Å². The van der Waals surface area contributed by atoms with E-state index in [4.69, 9.17) is 16.9 Å².